The van der Waals surface area contributed by atoms with E-state index in [1.54, 1.807) is 14.0 Å². The molecule has 160 valence electrons. The third kappa shape index (κ3) is 5.60. The van der Waals surface area contributed by atoms with Gasteiger partial charge in [0.2, 0.25) is 5.91 Å². The largest absolute Gasteiger partial charge is 0.465 e. The van der Waals surface area contributed by atoms with Crippen molar-refractivity contribution in [3.63, 3.8) is 0 Å². The molecule has 9 heteroatoms. The molecule has 0 aliphatic rings. The number of nitrogens with one attached hydrogen (secondary N) is 1. The van der Waals surface area contributed by atoms with Crippen molar-refractivity contribution in [1.82, 2.24) is 4.90 Å². The zero-order chi connectivity index (χ0) is 22.4. The van der Waals surface area contributed by atoms with Crippen LogP contribution in [-0.4, -0.2) is 50.6 Å². The zero-order valence-electron chi connectivity index (χ0n) is 17.0. The number of hydrogen-bond donors (Lipinski definition) is 1. The molecule has 2 rings (SSSR count). The van der Waals surface area contributed by atoms with Gasteiger partial charge in [-0.05, 0) is 50.4 Å². The maximum absolute atomic E-state index is 14.0. The third-order valence-corrected chi connectivity index (χ3v) is 4.52. The minimum atomic E-state index is -0.691. The number of benzene rings is 2. The quantitative estimate of drug-likeness (QED) is 0.693. The summed E-state index contributed by atoms with van der Waals surface area (Å²) in [5.74, 6) is -3.03. The second-order valence-corrected chi connectivity index (χ2v) is 6.59. The first-order valence-corrected chi connectivity index (χ1v) is 8.93. The molecule has 1 amide bonds. The maximum atomic E-state index is 14.0. The van der Waals surface area contributed by atoms with Crippen LogP contribution < -0.4 is 5.32 Å². The summed E-state index contributed by atoms with van der Waals surface area (Å²) in [6.45, 7) is 1.48. The van der Waals surface area contributed by atoms with Gasteiger partial charge in [0.25, 0.3) is 0 Å². The Hall–Kier alpha value is -3.33. The minimum absolute atomic E-state index is 0.0549. The van der Waals surface area contributed by atoms with Gasteiger partial charge < -0.3 is 14.8 Å². The van der Waals surface area contributed by atoms with Crippen LogP contribution in [0.3, 0.4) is 0 Å². The molecule has 0 radical (unpaired) electrons. The Morgan fingerprint density at radius 3 is 2.10 bits per heavy atom. The molecule has 0 aliphatic carbocycles. The molecule has 0 aromatic heterocycles. The summed E-state index contributed by atoms with van der Waals surface area (Å²) in [6.07, 6.45) is 0. The molecule has 1 unspecified atom stereocenters. The van der Waals surface area contributed by atoms with Crippen molar-refractivity contribution in [2.24, 2.45) is 0 Å². The third-order valence-electron chi connectivity index (χ3n) is 4.52. The van der Waals surface area contributed by atoms with E-state index in [2.05, 4.69) is 14.8 Å². The van der Waals surface area contributed by atoms with Gasteiger partial charge in [-0.25, -0.2) is 18.4 Å². The molecule has 2 aromatic rings. The first-order chi connectivity index (χ1) is 14.2. The van der Waals surface area contributed by atoms with Crippen LogP contribution in [0.2, 0.25) is 0 Å². The fourth-order valence-corrected chi connectivity index (χ4v) is 2.81. The lowest BCUT2D eigenvalue weighted by molar-refractivity contribution is -0.117. The molecule has 0 aliphatic heterocycles. The molecule has 0 saturated heterocycles. The number of nitrogens with zero attached hydrogens (tertiary/aromatic N) is 1. The normalized spacial score (nSPS) is 11.7. The molecule has 0 fully saturated rings. The lowest BCUT2D eigenvalue weighted by Crippen LogP contribution is -2.32. The van der Waals surface area contributed by atoms with E-state index < -0.39 is 35.5 Å². The Morgan fingerprint density at radius 2 is 1.57 bits per heavy atom. The summed E-state index contributed by atoms with van der Waals surface area (Å²) in [6, 6.07) is 6.54. The Morgan fingerprint density at radius 1 is 1.00 bits per heavy atom. The highest BCUT2D eigenvalue weighted by Crippen LogP contribution is 2.23. The topological polar surface area (TPSA) is 84.9 Å². The van der Waals surface area contributed by atoms with Crippen molar-refractivity contribution < 1.29 is 32.6 Å². The van der Waals surface area contributed by atoms with E-state index in [1.807, 2.05) is 0 Å². The van der Waals surface area contributed by atoms with Crippen LogP contribution in [0.5, 0.6) is 0 Å². The smallest absolute Gasteiger partial charge is 0.337 e. The molecule has 30 heavy (non-hydrogen) atoms. The van der Waals surface area contributed by atoms with Crippen LogP contribution in [0.15, 0.2) is 36.4 Å². The summed E-state index contributed by atoms with van der Waals surface area (Å²) < 4.78 is 36.7. The van der Waals surface area contributed by atoms with Gasteiger partial charge in [-0.1, -0.05) is 0 Å². The van der Waals surface area contributed by atoms with Crippen LogP contribution in [0.25, 0.3) is 0 Å². The number of halogens is 2. The number of likely N-dealkylation sites (N-methyl/N-ethyl adjacent to an activating group) is 1. The van der Waals surface area contributed by atoms with Crippen molar-refractivity contribution >= 4 is 23.5 Å². The monoisotopic (exact) mass is 420 g/mol. The summed E-state index contributed by atoms with van der Waals surface area (Å²) in [5.41, 5.74) is 0.408. The van der Waals surface area contributed by atoms with Crippen molar-refractivity contribution in [3.8, 4) is 0 Å². The summed E-state index contributed by atoms with van der Waals surface area (Å²) in [4.78, 5) is 37.7. The molecule has 0 heterocycles. The number of amides is 1. The summed E-state index contributed by atoms with van der Waals surface area (Å²) >= 11 is 0. The highest BCUT2D eigenvalue weighted by molar-refractivity contribution is 5.99. The molecule has 0 spiro atoms. The highest BCUT2D eigenvalue weighted by atomic mass is 19.1. The van der Waals surface area contributed by atoms with Gasteiger partial charge in [-0.3, -0.25) is 9.69 Å². The van der Waals surface area contributed by atoms with E-state index in [9.17, 15) is 23.2 Å². The first-order valence-electron chi connectivity index (χ1n) is 8.93. The minimum Gasteiger partial charge on any atom is -0.465 e. The van der Waals surface area contributed by atoms with Gasteiger partial charge in [0.15, 0.2) is 0 Å². The number of methoxy groups -OCH3 is 2. The van der Waals surface area contributed by atoms with Crippen LogP contribution in [0, 0.1) is 11.6 Å². The molecule has 1 N–H and O–H groups in total. The van der Waals surface area contributed by atoms with Crippen LogP contribution in [0.1, 0.15) is 39.2 Å². The standard InChI is InChI=1S/C21H22F2N2O5/c1-12(17-10-15(22)5-6-18(17)23)25(2)11-19(26)24-16-8-13(20(27)29-3)7-14(9-16)21(28)30-4/h5-10,12H,11H2,1-4H3,(H,24,26). The highest BCUT2D eigenvalue weighted by Gasteiger charge is 2.20. The predicted octanol–water partition coefficient (Wildman–Crippen LogP) is 3.17. The van der Waals surface area contributed by atoms with E-state index >= 15 is 0 Å². The number of esters is 2. The lowest BCUT2D eigenvalue weighted by Gasteiger charge is -2.25. The predicted molar refractivity (Wildman–Crippen MR) is 105 cm³/mol. The van der Waals surface area contributed by atoms with Gasteiger partial charge in [-0.15, -0.1) is 0 Å². The fraction of sp³-hybridized carbons (Fsp3) is 0.286. The first kappa shape index (κ1) is 23.0. The fourth-order valence-electron chi connectivity index (χ4n) is 2.81. The average Bonchev–Trinajstić information content (AvgIpc) is 2.73. The van der Waals surface area contributed by atoms with Crippen molar-refractivity contribution in [2.75, 3.05) is 33.1 Å². The van der Waals surface area contributed by atoms with Gasteiger partial charge >= 0.3 is 11.9 Å². The van der Waals surface area contributed by atoms with Gasteiger partial charge in [0.1, 0.15) is 11.6 Å². The maximum Gasteiger partial charge on any atom is 0.337 e. The molecular formula is C21H22F2N2O5. The molecule has 2 aromatic carbocycles. The zero-order valence-corrected chi connectivity index (χ0v) is 17.0. The van der Waals surface area contributed by atoms with Crippen molar-refractivity contribution in [2.45, 2.75) is 13.0 Å². The molecule has 1 atom stereocenters. The van der Waals surface area contributed by atoms with Gasteiger partial charge in [-0.2, -0.15) is 0 Å². The number of hydrogen-bond acceptors (Lipinski definition) is 6. The van der Waals surface area contributed by atoms with E-state index in [0.717, 1.165) is 18.2 Å². The molecule has 0 saturated carbocycles. The van der Waals surface area contributed by atoms with Crippen molar-refractivity contribution in [1.29, 1.82) is 0 Å². The van der Waals surface area contributed by atoms with Crippen LogP contribution in [0.4, 0.5) is 14.5 Å². The Balaban J connectivity index is 2.17. The number of ether oxygens (including phenoxy) is 2. The molecule has 7 nitrogen and oxygen atoms in total. The van der Waals surface area contributed by atoms with Crippen LogP contribution in [-0.2, 0) is 14.3 Å². The van der Waals surface area contributed by atoms with Gasteiger partial charge in [0, 0.05) is 17.3 Å². The number of anilines is 1. The average molecular weight is 420 g/mol. The summed E-state index contributed by atoms with van der Waals surface area (Å²) in [5, 5.41) is 2.58. The van der Waals surface area contributed by atoms with E-state index in [-0.39, 0.29) is 28.9 Å². The second-order valence-electron chi connectivity index (χ2n) is 6.59. The van der Waals surface area contributed by atoms with E-state index in [1.165, 1.54) is 37.3 Å². The Labute approximate surface area is 172 Å². The number of carbonyl (C=O) groups excluding carboxylic acids is 3. The number of carbonyl (C=O) groups is 3. The number of rotatable bonds is 7. The SMILES string of the molecule is COC(=O)c1cc(NC(=O)CN(C)C(C)c2cc(F)ccc2F)cc(C(=O)OC)c1. The summed E-state index contributed by atoms with van der Waals surface area (Å²) in [7, 11) is 3.96. The van der Waals surface area contributed by atoms with Crippen molar-refractivity contribution in [3.05, 3.63) is 64.7 Å². The molecular weight excluding hydrogens is 398 g/mol. The van der Waals surface area contributed by atoms with E-state index in [0.29, 0.717) is 0 Å². The van der Waals surface area contributed by atoms with Gasteiger partial charge in [0.05, 0.1) is 31.9 Å². The Kier molecular flexibility index (Phi) is 7.60. The molecule has 0 bridgehead atoms. The Bertz CT molecular complexity index is 930. The van der Waals surface area contributed by atoms with E-state index in [4.69, 9.17) is 0 Å². The second kappa shape index (κ2) is 9.93. The lowest BCUT2D eigenvalue weighted by atomic mass is 10.1. The van der Waals surface area contributed by atoms with Crippen LogP contribution >= 0.6 is 0 Å².